The third-order valence-electron chi connectivity index (χ3n) is 2.88. The SMILES string of the molecule is CCn1nccc1CNC(=S)Nc1ccc(OC)cc1. The first-order valence-electron chi connectivity index (χ1n) is 6.42. The summed E-state index contributed by atoms with van der Waals surface area (Å²) in [4.78, 5) is 0. The van der Waals surface area contributed by atoms with Gasteiger partial charge in [0.25, 0.3) is 0 Å². The van der Waals surface area contributed by atoms with Gasteiger partial charge in [-0.25, -0.2) is 0 Å². The molecule has 1 aromatic carbocycles. The van der Waals surface area contributed by atoms with Crippen LogP contribution < -0.4 is 15.4 Å². The third kappa shape index (κ3) is 3.71. The molecular formula is C14H18N4OS. The standard InChI is InChI=1S/C14H18N4OS/c1-3-18-12(8-9-16-18)10-15-14(20)17-11-4-6-13(19-2)7-5-11/h4-9H,3,10H2,1-2H3,(H2,15,17,20). The summed E-state index contributed by atoms with van der Waals surface area (Å²) in [7, 11) is 1.64. The molecule has 0 aliphatic rings. The molecule has 106 valence electrons. The number of hydrogen-bond donors (Lipinski definition) is 2. The number of aryl methyl sites for hydroxylation is 1. The van der Waals surface area contributed by atoms with E-state index in [1.165, 1.54) is 0 Å². The first-order chi connectivity index (χ1) is 9.72. The van der Waals surface area contributed by atoms with E-state index in [1.54, 1.807) is 13.3 Å². The molecule has 0 bridgehead atoms. The van der Waals surface area contributed by atoms with E-state index in [1.807, 2.05) is 35.0 Å². The summed E-state index contributed by atoms with van der Waals surface area (Å²) in [6.45, 7) is 3.56. The van der Waals surface area contributed by atoms with Crippen LogP contribution in [0.5, 0.6) is 5.75 Å². The molecule has 0 fully saturated rings. The van der Waals surface area contributed by atoms with E-state index in [-0.39, 0.29) is 0 Å². The molecule has 0 unspecified atom stereocenters. The minimum atomic E-state index is 0.582. The van der Waals surface area contributed by atoms with Gasteiger partial charge in [0.2, 0.25) is 0 Å². The molecule has 0 amide bonds. The smallest absolute Gasteiger partial charge is 0.171 e. The monoisotopic (exact) mass is 290 g/mol. The summed E-state index contributed by atoms with van der Waals surface area (Å²) in [6, 6.07) is 9.59. The van der Waals surface area contributed by atoms with Crippen molar-refractivity contribution in [2.24, 2.45) is 0 Å². The average Bonchev–Trinajstić information content (AvgIpc) is 2.93. The molecule has 2 N–H and O–H groups in total. The highest BCUT2D eigenvalue weighted by atomic mass is 32.1. The molecule has 1 aromatic heterocycles. The van der Waals surface area contributed by atoms with Crippen LogP contribution in [0.2, 0.25) is 0 Å². The summed E-state index contributed by atoms with van der Waals surface area (Å²) in [6.07, 6.45) is 1.79. The van der Waals surface area contributed by atoms with Crippen LogP contribution in [0, 0.1) is 0 Å². The van der Waals surface area contributed by atoms with Crippen LogP contribution >= 0.6 is 12.2 Å². The van der Waals surface area contributed by atoms with Crippen molar-refractivity contribution < 1.29 is 4.74 Å². The van der Waals surface area contributed by atoms with Gasteiger partial charge in [-0.1, -0.05) is 0 Å². The molecule has 2 aromatic rings. The quantitative estimate of drug-likeness (QED) is 0.828. The number of nitrogens with one attached hydrogen (secondary N) is 2. The second-order valence-electron chi connectivity index (χ2n) is 4.17. The predicted molar refractivity (Wildman–Crippen MR) is 84.0 cm³/mol. The number of thiocarbonyl (C=S) groups is 1. The van der Waals surface area contributed by atoms with Crippen molar-refractivity contribution in [3.05, 3.63) is 42.2 Å². The van der Waals surface area contributed by atoms with Crippen LogP contribution in [0.4, 0.5) is 5.69 Å². The molecular weight excluding hydrogens is 272 g/mol. The van der Waals surface area contributed by atoms with Crippen molar-refractivity contribution >= 4 is 23.0 Å². The number of nitrogens with zero attached hydrogens (tertiary/aromatic N) is 2. The second kappa shape index (κ2) is 6.91. The maximum Gasteiger partial charge on any atom is 0.171 e. The normalized spacial score (nSPS) is 10.1. The number of methoxy groups -OCH3 is 1. The van der Waals surface area contributed by atoms with E-state index in [2.05, 4.69) is 22.7 Å². The molecule has 0 aliphatic carbocycles. The summed E-state index contributed by atoms with van der Waals surface area (Å²) >= 11 is 5.27. The highest BCUT2D eigenvalue weighted by Gasteiger charge is 2.02. The Bertz CT molecular complexity index is 565. The largest absolute Gasteiger partial charge is 0.497 e. The maximum atomic E-state index is 5.27. The van der Waals surface area contributed by atoms with Crippen LogP contribution in [0.15, 0.2) is 36.5 Å². The zero-order valence-electron chi connectivity index (χ0n) is 11.6. The van der Waals surface area contributed by atoms with Crippen molar-refractivity contribution in [2.75, 3.05) is 12.4 Å². The molecule has 0 spiro atoms. The van der Waals surface area contributed by atoms with E-state index in [4.69, 9.17) is 17.0 Å². The van der Waals surface area contributed by atoms with E-state index in [0.29, 0.717) is 11.7 Å². The third-order valence-corrected chi connectivity index (χ3v) is 3.13. The van der Waals surface area contributed by atoms with Gasteiger partial charge in [-0.2, -0.15) is 5.10 Å². The topological polar surface area (TPSA) is 51.1 Å². The van der Waals surface area contributed by atoms with Crippen molar-refractivity contribution in [3.63, 3.8) is 0 Å². The van der Waals surface area contributed by atoms with Crippen LogP contribution in [0.3, 0.4) is 0 Å². The summed E-state index contributed by atoms with van der Waals surface area (Å²) < 4.78 is 7.04. The van der Waals surface area contributed by atoms with Gasteiger partial charge in [0.15, 0.2) is 5.11 Å². The zero-order chi connectivity index (χ0) is 14.4. The number of aromatic nitrogens is 2. The summed E-state index contributed by atoms with van der Waals surface area (Å²) in [5, 5.41) is 11.1. The van der Waals surface area contributed by atoms with E-state index in [0.717, 1.165) is 23.7 Å². The van der Waals surface area contributed by atoms with Crippen LogP contribution in [0.25, 0.3) is 0 Å². The van der Waals surface area contributed by atoms with Crippen molar-refractivity contribution in [2.45, 2.75) is 20.0 Å². The highest BCUT2D eigenvalue weighted by molar-refractivity contribution is 7.80. The fraction of sp³-hybridized carbons (Fsp3) is 0.286. The Labute approximate surface area is 123 Å². The molecule has 5 nitrogen and oxygen atoms in total. The number of benzene rings is 1. The number of ether oxygens (including phenoxy) is 1. The molecule has 0 atom stereocenters. The Morgan fingerprint density at radius 1 is 1.30 bits per heavy atom. The van der Waals surface area contributed by atoms with E-state index in [9.17, 15) is 0 Å². The minimum Gasteiger partial charge on any atom is -0.497 e. The lowest BCUT2D eigenvalue weighted by Crippen LogP contribution is -2.28. The van der Waals surface area contributed by atoms with E-state index >= 15 is 0 Å². The first kappa shape index (κ1) is 14.3. The van der Waals surface area contributed by atoms with Gasteiger partial charge in [0.1, 0.15) is 5.75 Å². The van der Waals surface area contributed by atoms with Crippen molar-refractivity contribution in [1.82, 2.24) is 15.1 Å². The lowest BCUT2D eigenvalue weighted by Gasteiger charge is -2.11. The van der Waals surface area contributed by atoms with Crippen LogP contribution in [-0.2, 0) is 13.1 Å². The molecule has 0 saturated heterocycles. The first-order valence-corrected chi connectivity index (χ1v) is 6.83. The molecule has 1 heterocycles. The number of hydrogen-bond acceptors (Lipinski definition) is 3. The zero-order valence-corrected chi connectivity index (χ0v) is 12.4. The lowest BCUT2D eigenvalue weighted by atomic mass is 10.3. The molecule has 20 heavy (non-hydrogen) atoms. The maximum absolute atomic E-state index is 5.27. The van der Waals surface area contributed by atoms with Crippen molar-refractivity contribution in [1.29, 1.82) is 0 Å². The molecule has 0 saturated carbocycles. The molecule has 6 heteroatoms. The molecule has 0 aliphatic heterocycles. The minimum absolute atomic E-state index is 0.582. The molecule has 2 rings (SSSR count). The Morgan fingerprint density at radius 3 is 2.70 bits per heavy atom. The second-order valence-corrected chi connectivity index (χ2v) is 4.58. The average molecular weight is 290 g/mol. The van der Waals surface area contributed by atoms with Gasteiger partial charge in [-0.05, 0) is 49.5 Å². The van der Waals surface area contributed by atoms with Gasteiger partial charge < -0.3 is 15.4 Å². The fourth-order valence-electron chi connectivity index (χ4n) is 1.82. The van der Waals surface area contributed by atoms with E-state index < -0.39 is 0 Å². The Morgan fingerprint density at radius 2 is 2.05 bits per heavy atom. The highest BCUT2D eigenvalue weighted by Crippen LogP contribution is 2.14. The van der Waals surface area contributed by atoms with Gasteiger partial charge in [-0.15, -0.1) is 0 Å². The number of anilines is 1. The lowest BCUT2D eigenvalue weighted by molar-refractivity contribution is 0.415. The summed E-state index contributed by atoms with van der Waals surface area (Å²) in [5.74, 6) is 0.821. The Kier molecular flexibility index (Phi) is 4.95. The van der Waals surface area contributed by atoms with Gasteiger partial charge >= 0.3 is 0 Å². The summed E-state index contributed by atoms with van der Waals surface area (Å²) in [5.41, 5.74) is 2.03. The molecule has 0 radical (unpaired) electrons. The Hall–Kier alpha value is -2.08. The predicted octanol–water partition coefficient (Wildman–Crippen LogP) is 2.40. The van der Waals surface area contributed by atoms with Gasteiger partial charge in [0, 0.05) is 18.4 Å². The Balaban J connectivity index is 1.86. The van der Waals surface area contributed by atoms with Gasteiger partial charge in [0.05, 0.1) is 19.3 Å². The van der Waals surface area contributed by atoms with Crippen LogP contribution in [-0.4, -0.2) is 22.0 Å². The fourth-order valence-corrected chi connectivity index (χ4v) is 2.01. The van der Waals surface area contributed by atoms with Crippen LogP contribution in [0.1, 0.15) is 12.6 Å². The number of rotatable bonds is 5. The van der Waals surface area contributed by atoms with Crippen molar-refractivity contribution in [3.8, 4) is 5.75 Å². The van der Waals surface area contributed by atoms with Gasteiger partial charge in [-0.3, -0.25) is 4.68 Å².